The van der Waals surface area contributed by atoms with Gasteiger partial charge >= 0.3 is 17.9 Å². The molecule has 0 saturated carbocycles. The molecule has 0 aromatic rings. The van der Waals surface area contributed by atoms with E-state index in [1.807, 2.05) is 0 Å². The molecule has 0 aromatic heterocycles. The Labute approximate surface area is 453 Å². The standard InChI is InChI=1S/C68H104O6/c1-4-7-10-13-16-18-20-22-24-26-28-29-30-31-32-33-34-35-36-37-38-39-41-42-44-46-48-50-52-55-58-61-67(70)73-64-65(63-72-66(69)60-57-54-15-12-9-6-3)74-68(71)62-59-56-53-51-49-47-45-43-40-27-25-23-21-19-17-14-11-8-5-2/h7-8,10-11,16-19,22-25,28-29,31-32,34-35,37-38,40-43,46-49,65H,4-6,9,12-15,20-21,26-27,30,33,36,39,44-45,50-64H2,1-3H3/b10-7-,11-8-,18-16-,19-17-,24-22-,25-23-,29-28-,32-31-,35-34-,38-37-,42-41-,43-40-,48-46-,49-47-. The first-order valence-corrected chi connectivity index (χ1v) is 29.1. The maximum atomic E-state index is 12.8. The van der Waals surface area contributed by atoms with E-state index >= 15 is 0 Å². The Kier molecular flexibility index (Phi) is 56.1. The summed E-state index contributed by atoms with van der Waals surface area (Å²) in [5, 5.41) is 0. The molecule has 0 bridgehead atoms. The molecule has 0 aliphatic carbocycles. The van der Waals surface area contributed by atoms with E-state index in [-0.39, 0.29) is 37.5 Å². The average molecular weight is 1020 g/mol. The highest BCUT2D eigenvalue weighted by atomic mass is 16.6. The summed E-state index contributed by atoms with van der Waals surface area (Å²) in [6.45, 7) is 6.27. The molecule has 412 valence electrons. The van der Waals surface area contributed by atoms with Gasteiger partial charge in [-0.05, 0) is 135 Å². The molecular weight excluding hydrogens is 913 g/mol. The molecule has 1 atom stereocenters. The van der Waals surface area contributed by atoms with Crippen molar-refractivity contribution in [2.24, 2.45) is 0 Å². The monoisotopic (exact) mass is 1020 g/mol. The summed E-state index contributed by atoms with van der Waals surface area (Å²) in [6, 6.07) is 0. The second-order valence-electron chi connectivity index (χ2n) is 18.4. The van der Waals surface area contributed by atoms with Crippen molar-refractivity contribution >= 4 is 17.9 Å². The maximum absolute atomic E-state index is 12.8. The second kappa shape index (κ2) is 60.3. The van der Waals surface area contributed by atoms with E-state index in [2.05, 4.69) is 191 Å². The number of allylic oxidation sites excluding steroid dienone is 28. The summed E-state index contributed by atoms with van der Waals surface area (Å²) in [5.74, 6) is -0.999. The smallest absolute Gasteiger partial charge is 0.306 e. The van der Waals surface area contributed by atoms with Crippen molar-refractivity contribution in [3.63, 3.8) is 0 Å². The number of esters is 3. The number of rotatable bonds is 50. The minimum atomic E-state index is -0.815. The largest absolute Gasteiger partial charge is 0.462 e. The first kappa shape index (κ1) is 68.8. The fraction of sp³-hybridized carbons (Fsp3) is 0.544. The summed E-state index contributed by atoms with van der Waals surface area (Å²) in [5.41, 5.74) is 0. The number of hydrogen-bond donors (Lipinski definition) is 0. The molecule has 0 aliphatic heterocycles. The van der Waals surface area contributed by atoms with E-state index in [1.165, 1.54) is 19.3 Å². The van der Waals surface area contributed by atoms with Gasteiger partial charge in [-0.1, -0.05) is 236 Å². The molecule has 0 N–H and O–H groups in total. The van der Waals surface area contributed by atoms with E-state index < -0.39 is 6.10 Å². The van der Waals surface area contributed by atoms with Gasteiger partial charge in [0.25, 0.3) is 0 Å². The molecule has 0 radical (unpaired) electrons. The van der Waals surface area contributed by atoms with E-state index in [0.717, 1.165) is 154 Å². The van der Waals surface area contributed by atoms with E-state index in [9.17, 15) is 14.4 Å². The lowest BCUT2D eigenvalue weighted by atomic mass is 10.1. The van der Waals surface area contributed by atoms with Crippen LogP contribution in [0.1, 0.15) is 220 Å². The summed E-state index contributed by atoms with van der Waals surface area (Å²) in [7, 11) is 0. The van der Waals surface area contributed by atoms with Crippen LogP contribution in [0.5, 0.6) is 0 Å². The molecule has 74 heavy (non-hydrogen) atoms. The number of carbonyl (C=O) groups is 3. The van der Waals surface area contributed by atoms with Gasteiger partial charge in [0.1, 0.15) is 13.2 Å². The van der Waals surface area contributed by atoms with Gasteiger partial charge in [0.05, 0.1) is 0 Å². The van der Waals surface area contributed by atoms with Crippen molar-refractivity contribution in [3.8, 4) is 0 Å². The van der Waals surface area contributed by atoms with Gasteiger partial charge in [0, 0.05) is 19.3 Å². The third kappa shape index (κ3) is 57.7. The predicted molar refractivity (Wildman–Crippen MR) is 320 cm³/mol. The lowest BCUT2D eigenvalue weighted by Crippen LogP contribution is -2.30. The van der Waals surface area contributed by atoms with Crippen LogP contribution in [0, 0.1) is 0 Å². The molecule has 0 spiro atoms. The minimum absolute atomic E-state index is 0.110. The average Bonchev–Trinajstić information content (AvgIpc) is 3.40. The van der Waals surface area contributed by atoms with Crippen LogP contribution in [0.3, 0.4) is 0 Å². The number of ether oxygens (including phenoxy) is 3. The molecular formula is C68H104O6. The van der Waals surface area contributed by atoms with Gasteiger partial charge in [-0.3, -0.25) is 14.4 Å². The fourth-order valence-electron chi connectivity index (χ4n) is 7.16. The van der Waals surface area contributed by atoms with Crippen molar-refractivity contribution in [1.82, 2.24) is 0 Å². The minimum Gasteiger partial charge on any atom is -0.462 e. The summed E-state index contributed by atoms with van der Waals surface area (Å²) < 4.78 is 16.7. The van der Waals surface area contributed by atoms with Gasteiger partial charge in [-0.2, -0.15) is 0 Å². The Hall–Kier alpha value is -5.23. The Bertz CT molecular complexity index is 1740. The third-order valence-electron chi connectivity index (χ3n) is 11.5. The molecule has 1 unspecified atom stereocenters. The zero-order valence-corrected chi connectivity index (χ0v) is 47.0. The molecule has 0 fully saturated rings. The highest BCUT2D eigenvalue weighted by Gasteiger charge is 2.19. The molecule has 0 rings (SSSR count). The number of hydrogen-bond acceptors (Lipinski definition) is 6. The predicted octanol–water partition coefficient (Wildman–Crippen LogP) is 19.9. The van der Waals surface area contributed by atoms with E-state index in [4.69, 9.17) is 14.2 Å². The molecule has 0 aliphatic rings. The quantitative estimate of drug-likeness (QED) is 0.0261. The fourth-order valence-corrected chi connectivity index (χ4v) is 7.16. The van der Waals surface area contributed by atoms with Gasteiger partial charge in [0.15, 0.2) is 6.10 Å². The van der Waals surface area contributed by atoms with Crippen LogP contribution in [0.25, 0.3) is 0 Å². The van der Waals surface area contributed by atoms with E-state index in [1.54, 1.807) is 0 Å². The molecule has 0 aromatic carbocycles. The molecule has 0 amide bonds. The van der Waals surface area contributed by atoms with Gasteiger partial charge in [0.2, 0.25) is 0 Å². The van der Waals surface area contributed by atoms with Crippen LogP contribution in [0.15, 0.2) is 170 Å². The second-order valence-corrected chi connectivity index (χ2v) is 18.4. The lowest BCUT2D eigenvalue weighted by molar-refractivity contribution is -0.167. The topological polar surface area (TPSA) is 78.9 Å². The van der Waals surface area contributed by atoms with Gasteiger partial charge in [-0.25, -0.2) is 0 Å². The molecule has 0 saturated heterocycles. The van der Waals surface area contributed by atoms with Crippen LogP contribution in [0.4, 0.5) is 0 Å². The van der Waals surface area contributed by atoms with Crippen molar-refractivity contribution in [2.45, 2.75) is 226 Å². The zero-order valence-electron chi connectivity index (χ0n) is 47.0. The summed E-state index contributed by atoms with van der Waals surface area (Å²) in [6.07, 6.45) is 89.5. The molecule has 6 nitrogen and oxygen atoms in total. The van der Waals surface area contributed by atoms with Crippen molar-refractivity contribution < 1.29 is 28.6 Å². The van der Waals surface area contributed by atoms with Crippen molar-refractivity contribution in [1.29, 1.82) is 0 Å². The molecule has 6 heteroatoms. The van der Waals surface area contributed by atoms with Crippen LogP contribution >= 0.6 is 0 Å². The highest BCUT2D eigenvalue weighted by molar-refractivity contribution is 5.71. The Morgan fingerprint density at radius 1 is 0.284 bits per heavy atom. The lowest BCUT2D eigenvalue weighted by Gasteiger charge is -2.18. The maximum Gasteiger partial charge on any atom is 0.306 e. The third-order valence-corrected chi connectivity index (χ3v) is 11.5. The number of carbonyl (C=O) groups excluding carboxylic acids is 3. The molecule has 0 heterocycles. The Morgan fingerprint density at radius 3 is 0.824 bits per heavy atom. The van der Waals surface area contributed by atoms with E-state index in [0.29, 0.717) is 19.3 Å². The summed E-state index contributed by atoms with van der Waals surface area (Å²) in [4.78, 5) is 37.9. The van der Waals surface area contributed by atoms with Crippen molar-refractivity contribution in [2.75, 3.05) is 13.2 Å². The SMILES string of the molecule is CC/C=C\C/C=C\C/C=C\C/C=C\C/C=C\C/C=C\C/C=C\C/C=C\C/C=C\CCCCCC(=O)OCC(COC(=O)CCCCCCCC)OC(=O)CCCCC/C=C\C/C=C\C/C=C\C/C=C\C/C=C\CC. The Balaban J connectivity index is 4.30. The first-order chi connectivity index (χ1) is 36.5. The van der Waals surface area contributed by atoms with Crippen LogP contribution < -0.4 is 0 Å². The highest BCUT2D eigenvalue weighted by Crippen LogP contribution is 2.12. The first-order valence-electron chi connectivity index (χ1n) is 29.1. The normalized spacial score (nSPS) is 13.4. The van der Waals surface area contributed by atoms with Crippen LogP contribution in [0.2, 0.25) is 0 Å². The Morgan fingerprint density at radius 2 is 0.527 bits per heavy atom. The van der Waals surface area contributed by atoms with Crippen LogP contribution in [-0.2, 0) is 28.6 Å². The summed E-state index contributed by atoms with van der Waals surface area (Å²) >= 11 is 0. The van der Waals surface area contributed by atoms with Gasteiger partial charge in [-0.15, -0.1) is 0 Å². The van der Waals surface area contributed by atoms with Crippen molar-refractivity contribution in [3.05, 3.63) is 170 Å². The number of unbranched alkanes of at least 4 members (excludes halogenated alkanes) is 11. The zero-order chi connectivity index (χ0) is 53.6. The van der Waals surface area contributed by atoms with Crippen LogP contribution in [-0.4, -0.2) is 37.2 Å². The van der Waals surface area contributed by atoms with Gasteiger partial charge < -0.3 is 14.2 Å².